The molecule has 0 unspecified atom stereocenters. The van der Waals surface area contributed by atoms with Gasteiger partial charge in [0.15, 0.2) is 0 Å². The first kappa shape index (κ1) is 9.51. The van der Waals surface area contributed by atoms with Crippen molar-refractivity contribution >= 4 is 11.6 Å². The molecule has 0 saturated heterocycles. The van der Waals surface area contributed by atoms with Gasteiger partial charge in [-0.3, -0.25) is 0 Å². The molecule has 0 aromatic carbocycles. The van der Waals surface area contributed by atoms with E-state index < -0.39 is 0 Å². The van der Waals surface area contributed by atoms with E-state index in [1.165, 1.54) is 0 Å². The monoisotopic (exact) mass is 156 g/mol. The van der Waals surface area contributed by atoms with Crippen LogP contribution in [-0.2, 0) is 0 Å². The molecule has 0 bridgehead atoms. The van der Waals surface area contributed by atoms with Gasteiger partial charge < -0.3 is 0 Å². The smallest absolute Gasteiger partial charge is 0.0180 e. The van der Waals surface area contributed by atoms with E-state index >= 15 is 0 Å². The summed E-state index contributed by atoms with van der Waals surface area (Å²) in [4.78, 5) is 0. The third-order valence-electron chi connectivity index (χ3n) is 1.01. The molecular weight excluding hydrogens is 144 g/mol. The molecule has 0 aromatic heterocycles. The molecule has 0 radical (unpaired) electrons. The van der Waals surface area contributed by atoms with E-state index in [0.717, 1.165) is 17.9 Å². The maximum Gasteiger partial charge on any atom is 0.0180 e. The van der Waals surface area contributed by atoms with Crippen LogP contribution in [0.1, 0.15) is 19.8 Å². The molecule has 0 aliphatic carbocycles. The molecule has 0 rings (SSSR count). The maximum atomic E-state index is 5.79. The quantitative estimate of drug-likeness (QED) is 0.545. The summed E-state index contributed by atoms with van der Waals surface area (Å²) in [6.07, 6.45) is 9.43. The van der Waals surface area contributed by atoms with E-state index in [9.17, 15) is 0 Å². The third-order valence-corrected chi connectivity index (χ3v) is 1.33. The fourth-order valence-corrected chi connectivity index (χ4v) is 0.822. The Morgan fingerprint density at radius 3 is 2.70 bits per heavy atom. The molecule has 0 saturated carbocycles. The number of hydrogen-bond donors (Lipinski definition) is 0. The van der Waals surface area contributed by atoms with Gasteiger partial charge in [0.25, 0.3) is 0 Å². The lowest BCUT2D eigenvalue weighted by Crippen LogP contribution is -1.68. The molecular formula is C9H13Cl. The Morgan fingerprint density at radius 1 is 1.50 bits per heavy atom. The van der Waals surface area contributed by atoms with Gasteiger partial charge in [0.2, 0.25) is 0 Å². The zero-order valence-corrected chi connectivity index (χ0v) is 7.06. The molecule has 0 N–H and O–H groups in total. The van der Waals surface area contributed by atoms with Crippen molar-refractivity contribution in [3.05, 3.63) is 35.9 Å². The van der Waals surface area contributed by atoms with Crippen molar-refractivity contribution in [2.45, 2.75) is 19.8 Å². The Balaban J connectivity index is 3.67. The Labute approximate surface area is 67.9 Å². The third kappa shape index (κ3) is 5.64. The predicted octanol–water partition coefficient (Wildman–Crippen LogP) is 3.65. The molecule has 0 heterocycles. The highest BCUT2D eigenvalue weighted by Gasteiger charge is 1.84. The van der Waals surface area contributed by atoms with Crippen molar-refractivity contribution < 1.29 is 0 Å². The van der Waals surface area contributed by atoms with E-state index in [1.54, 1.807) is 6.08 Å². The second kappa shape index (κ2) is 6.63. The van der Waals surface area contributed by atoms with Crippen LogP contribution in [0.25, 0.3) is 0 Å². The molecule has 0 fully saturated rings. The first-order valence-corrected chi connectivity index (χ1v) is 3.82. The first-order valence-electron chi connectivity index (χ1n) is 3.45. The van der Waals surface area contributed by atoms with Crippen LogP contribution < -0.4 is 0 Å². The SMILES string of the molecule is C=C/C=C\C=C(\Cl)CCC. The van der Waals surface area contributed by atoms with E-state index in [2.05, 4.69) is 13.5 Å². The molecule has 0 nitrogen and oxygen atoms in total. The van der Waals surface area contributed by atoms with Gasteiger partial charge in [-0.25, -0.2) is 0 Å². The van der Waals surface area contributed by atoms with E-state index in [1.807, 2.05) is 18.2 Å². The van der Waals surface area contributed by atoms with Crippen LogP contribution >= 0.6 is 11.6 Å². The standard InChI is InChI=1S/C9H13Cl/c1-3-5-6-8-9(10)7-4-2/h3,5-6,8H,1,4,7H2,2H3/b6-5-,9-8+. The molecule has 0 aromatic rings. The number of rotatable bonds is 4. The van der Waals surface area contributed by atoms with Gasteiger partial charge in [0.05, 0.1) is 0 Å². The Hall–Kier alpha value is -0.490. The Morgan fingerprint density at radius 2 is 2.20 bits per heavy atom. The minimum absolute atomic E-state index is 0.903. The summed E-state index contributed by atoms with van der Waals surface area (Å²) in [7, 11) is 0. The number of halogens is 1. The topological polar surface area (TPSA) is 0 Å². The van der Waals surface area contributed by atoms with Crippen LogP contribution in [0.5, 0.6) is 0 Å². The summed E-state index contributed by atoms with van der Waals surface area (Å²) in [6, 6.07) is 0. The van der Waals surface area contributed by atoms with Crippen molar-refractivity contribution in [3.8, 4) is 0 Å². The normalized spacial score (nSPS) is 12.4. The molecule has 56 valence electrons. The van der Waals surface area contributed by atoms with Gasteiger partial charge in [-0.05, 0) is 12.5 Å². The van der Waals surface area contributed by atoms with Gasteiger partial charge in [0.1, 0.15) is 0 Å². The molecule has 10 heavy (non-hydrogen) atoms. The van der Waals surface area contributed by atoms with Gasteiger partial charge in [0, 0.05) is 5.03 Å². The fraction of sp³-hybridized carbons (Fsp3) is 0.333. The number of allylic oxidation sites excluding steroid dienone is 5. The lowest BCUT2D eigenvalue weighted by atomic mass is 10.3. The molecule has 0 aliphatic heterocycles. The van der Waals surface area contributed by atoms with Gasteiger partial charge in [-0.1, -0.05) is 49.8 Å². The average molecular weight is 157 g/mol. The van der Waals surface area contributed by atoms with E-state index in [0.29, 0.717) is 0 Å². The second-order valence-electron chi connectivity index (χ2n) is 1.98. The summed E-state index contributed by atoms with van der Waals surface area (Å²) in [6.45, 7) is 5.65. The average Bonchev–Trinajstić information content (AvgIpc) is 1.89. The fourth-order valence-electron chi connectivity index (χ4n) is 0.561. The largest absolute Gasteiger partial charge is 0.0991 e. The lowest BCUT2D eigenvalue weighted by molar-refractivity contribution is 0.945. The molecule has 0 spiro atoms. The van der Waals surface area contributed by atoms with Crippen molar-refractivity contribution in [3.63, 3.8) is 0 Å². The molecule has 0 aliphatic rings. The highest BCUT2D eigenvalue weighted by molar-refractivity contribution is 6.29. The summed E-state index contributed by atoms with van der Waals surface area (Å²) in [5.74, 6) is 0. The maximum absolute atomic E-state index is 5.79. The zero-order chi connectivity index (χ0) is 7.82. The van der Waals surface area contributed by atoms with Crippen LogP contribution in [0.3, 0.4) is 0 Å². The Bertz CT molecular complexity index is 143. The Kier molecular flexibility index (Phi) is 6.30. The zero-order valence-electron chi connectivity index (χ0n) is 6.31. The van der Waals surface area contributed by atoms with E-state index in [-0.39, 0.29) is 0 Å². The van der Waals surface area contributed by atoms with Crippen LogP contribution in [0.15, 0.2) is 35.9 Å². The lowest BCUT2D eigenvalue weighted by Gasteiger charge is -1.89. The van der Waals surface area contributed by atoms with E-state index in [4.69, 9.17) is 11.6 Å². The summed E-state index contributed by atoms with van der Waals surface area (Å²) in [5.41, 5.74) is 0. The minimum Gasteiger partial charge on any atom is -0.0991 e. The summed E-state index contributed by atoms with van der Waals surface area (Å²) >= 11 is 5.79. The van der Waals surface area contributed by atoms with Crippen molar-refractivity contribution in [2.75, 3.05) is 0 Å². The van der Waals surface area contributed by atoms with Crippen molar-refractivity contribution in [2.24, 2.45) is 0 Å². The number of hydrogen-bond acceptors (Lipinski definition) is 0. The van der Waals surface area contributed by atoms with Crippen LogP contribution in [0.4, 0.5) is 0 Å². The summed E-state index contributed by atoms with van der Waals surface area (Å²) < 4.78 is 0. The van der Waals surface area contributed by atoms with Gasteiger partial charge in [-0.15, -0.1) is 0 Å². The van der Waals surface area contributed by atoms with Gasteiger partial charge in [-0.2, -0.15) is 0 Å². The first-order chi connectivity index (χ1) is 4.81. The molecule has 0 amide bonds. The van der Waals surface area contributed by atoms with Crippen molar-refractivity contribution in [1.29, 1.82) is 0 Å². The minimum atomic E-state index is 0.903. The summed E-state index contributed by atoms with van der Waals surface area (Å²) in [5, 5.41) is 0.903. The van der Waals surface area contributed by atoms with Crippen LogP contribution in [-0.4, -0.2) is 0 Å². The highest BCUT2D eigenvalue weighted by Crippen LogP contribution is 2.08. The molecule has 0 atom stereocenters. The van der Waals surface area contributed by atoms with Crippen molar-refractivity contribution in [1.82, 2.24) is 0 Å². The van der Waals surface area contributed by atoms with Crippen LogP contribution in [0.2, 0.25) is 0 Å². The predicted molar refractivity (Wildman–Crippen MR) is 48.2 cm³/mol. The molecule has 1 heteroatoms. The highest BCUT2D eigenvalue weighted by atomic mass is 35.5. The van der Waals surface area contributed by atoms with Gasteiger partial charge >= 0.3 is 0 Å². The second-order valence-corrected chi connectivity index (χ2v) is 2.47. The van der Waals surface area contributed by atoms with Crippen LogP contribution in [0, 0.1) is 0 Å².